The van der Waals surface area contributed by atoms with Crippen molar-refractivity contribution in [2.75, 3.05) is 13.1 Å². The van der Waals surface area contributed by atoms with Crippen molar-refractivity contribution in [1.82, 2.24) is 4.90 Å². The first-order chi connectivity index (χ1) is 8.48. The molecule has 18 heavy (non-hydrogen) atoms. The highest BCUT2D eigenvalue weighted by Gasteiger charge is 2.46. The molecule has 4 heteroatoms. The van der Waals surface area contributed by atoms with Gasteiger partial charge in [0, 0.05) is 18.5 Å². The van der Waals surface area contributed by atoms with E-state index in [1.165, 1.54) is 0 Å². The van der Waals surface area contributed by atoms with Gasteiger partial charge in [-0.15, -0.1) is 0 Å². The fraction of sp³-hybridized carbons (Fsp3) is 0.857. The standard InChI is InChI=1S/C14H23NO3/c1-3-14(5-4-6-14)13(18)15-8-10(2)7-11(9-15)12(16)17/h10-11H,3-9H2,1-2H3,(H,16,17). The van der Waals surface area contributed by atoms with Gasteiger partial charge >= 0.3 is 5.97 Å². The summed E-state index contributed by atoms with van der Waals surface area (Å²) in [7, 11) is 0. The Kier molecular flexibility index (Phi) is 3.64. The first-order valence-electron chi connectivity index (χ1n) is 7.00. The zero-order valence-corrected chi connectivity index (χ0v) is 11.3. The molecule has 4 nitrogen and oxygen atoms in total. The molecule has 0 aromatic carbocycles. The smallest absolute Gasteiger partial charge is 0.308 e. The number of carboxylic acids is 1. The molecule has 1 aliphatic carbocycles. The van der Waals surface area contributed by atoms with Gasteiger partial charge in [0.1, 0.15) is 0 Å². The molecule has 0 spiro atoms. The van der Waals surface area contributed by atoms with Gasteiger partial charge in [-0.2, -0.15) is 0 Å². The van der Waals surface area contributed by atoms with Crippen molar-refractivity contribution in [3.05, 3.63) is 0 Å². The monoisotopic (exact) mass is 253 g/mol. The summed E-state index contributed by atoms with van der Waals surface area (Å²) in [6.07, 6.45) is 4.66. The maximum Gasteiger partial charge on any atom is 0.308 e. The summed E-state index contributed by atoms with van der Waals surface area (Å²) >= 11 is 0. The van der Waals surface area contributed by atoms with E-state index in [0.717, 1.165) is 32.2 Å². The molecular formula is C14H23NO3. The summed E-state index contributed by atoms with van der Waals surface area (Å²) in [5.41, 5.74) is -0.167. The van der Waals surface area contributed by atoms with Crippen LogP contribution in [0.15, 0.2) is 0 Å². The number of nitrogens with zero attached hydrogens (tertiary/aromatic N) is 1. The Morgan fingerprint density at radius 2 is 2.00 bits per heavy atom. The molecule has 2 aliphatic rings. The van der Waals surface area contributed by atoms with Gasteiger partial charge in [0.15, 0.2) is 0 Å². The number of hydrogen-bond donors (Lipinski definition) is 1. The van der Waals surface area contributed by atoms with E-state index in [1.807, 2.05) is 11.8 Å². The minimum absolute atomic E-state index is 0.167. The predicted octanol–water partition coefficient (Wildman–Crippen LogP) is 2.14. The van der Waals surface area contributed by atoms with Gasteiger partial charge in [-0.05, 0) is 31.6 Å². The highest BCUT2D eigenvalue weighted by atomic mass is 16.4. The molecule has 2 fully saturated rings. The van der Waals surface area contributed by atoms with E-state index in [4.69, 9.17) is 5.11 Å². The molecule has 1 heterocycles. The molecule has 0 aromatic rings. The van der Waals surface area contributed by atoms with Crippen LogP contribution in [0.2, 0.25) is 0 Å². The van der Waals surface area contributed by atoms with E-state index in [2.05, 4.69) is 6.92 Å². The van der Waals surface area contributed by atoms with Crippen molar-refractivity contribution in [2.45, 2.75) is 46.0 Å². The van der Waals surface area contributed by atoms with Gasteiger partial charge in [-0.25, -0.2) is 0 Å². The Bertz CT molecular complexity index is 343. The van der Waals surface area contributed by atoms with E-state index < -0.39 is 5.97 Å². The average Bonchev–Trinajstić information content (AvgIpc) is 2.27. The second kappa shape index (κ2) is 4.90. The van der Waals surface area contributed by atoms with Gasteiger partial charge in [-0.3, -0.25) is 9.59 Å². The van der Waals surface area contributed by atoms with Crippen LogP contribution in [0, 0.1) is 17.3 Å². The van der Waals surface area contributed by atoms with Crippen LogP contribution in [-0.2, 0) is 9.59 Å². The first-order valence-corrected chi connectivity index (χ1v) is 7.00. The third-order valence-electron chi connectivity index (χ3n) is 4.74. The lowest BCUT2D eigenvalue weighted by molar-refractivity contribution is -0.154. The number of carbonyl (C=O) groups excluding carboxylic acids is 1. The Morgan fingerprint density at radius 3 is 2.44 bits per heavy atom. The Labute approximate surface area is 108 Å². The first kappa shape index (κ1) is 13.4. The van der Waals surface area contributed by atoms with Gasteiger partial charge in [-0.1, -0.05) is 20.3 Å². The van der Waals surface area contributed by atoms with E-state index >= 15 is 0 Å². The molecule has 2 rings (SSSR count). The van der Waals surface area contributed by atoms with Crippen molar-refractivity contribution >= 4 is 11.9 Å². The number of rotatable bonds is 3. The molecule has 102 valence electrons. The lowest BCUT2D eigenvalue weighted by Crippen LogP contribution is -2.53. The van der Waals surface area contributed by atoms with Crippen LogP contribution < -0.4 is 0 Å². The fourth-order valence-electron chi connectivity index (χ4n) is 3.35. The second-order valence-electron chi connectivity index (χ2n) is 6.07. The van der Waals surface area contributed by atoms with Crippen molar-refractivity contribution in [3.8, 4) is 0 Å². The number of hydrogen-bond acceptors (Lipinski definition) is 2. The number of piperidine rings is 1. The third kappa shape index (κ3) is 2.25. The summed E-state index contributed by atoms with van der Waals surface area (Å²) in [4.78, 5) is 25.5. The SMILES string of the molecule is CCC1(C(=O)N2CC(C)CC(C(=O)O)C2)CCC1. The van der Waals surface area contributed by atoms with Gasteiger partial charge in [0.2, 0.25) is 5.91 Å². The molecule has 1 saturated carbocycles. The van der Waals surface area contributed by atoms with Crippen LogP contribution in [0.3, 0.4) is 0 Å². The lowest BCUT2D eigenvalue weighted by atomic mass is 9.65. The van der Waals surface area contributed by atoms with Crippen LogP contribution in [0.4, 0.5) is 0 Å². The van der Waals surface area contributed by atoms with E-state index in [9.17, 15) is 9.59 Å². The molecule has 1 aliphatic heterocycles. The highest BCUT2D eigenvalue weighted by molar-refractivity contribution is 5.84. The molecule has 1 amide bonds. The molecule has 2 atom stereocenters. The maximum absolute atomic E-state index is 12.6. The van der Waals surface area contributed by atoms with Gasteiger partial charge in [0.05, 0.1) is 5.92 Å². The van der Waals surface area contributed by atoms with E-state index in [1.54, 1.807) is 0 Å². The lowest BCUT2D eigenvalue weighted by Gasteiger charge is -2.45. The van der Waals surface area contributed by atoms with Crippen molar-refractivity contribution in [3.63, 3.8) is 0 Å². The number of aliphatic carboxylic acids is 1. The Morgan fingerprint density at radius 1 is 1.33 bits per heavy atom. The van der Waals surface area contributed by atoms with E-state index in [-0.39, 0.29) is 23.2 Å². The topological polar surface area (TPSA) is 57.6 Å². The van der Waals surface area contributed by atoms with Crippen molar-refractivity contribution in [1.29, 1.82) is 0 Å². The number of likely N-dealkylation sites (tertiary alicyclic amines) is 1. The summed E-state index contributed by atoms with van der Waals surface area (Å²) in [6, 6.07) is 0. The zero-order valence-electron chi connectivity index (χ0n) is 11.3. The Balaban J connectivity index is 2.07. The van der Waals surface area contributed by atoms with Crippen LogP contribution in [-0.4, -0.2) is 35.0 Å². The summed E-state index contributed by atoms with van der Waals surface area (Å²) in [5.74, 6) is -0.656. The van der Waals surface area contributed by atoms with Crippen LogP contribution in [0.1, 0.15) is 46.0 Å². The second-order valence-corrected chi connectivity index (χ2v) is 6.07. The quantitative estimate of drug-likeness (QED) is 0.838. The number of carbonyl (C=O) groups is 2. The fourth-order valence-corrected chi connectivity index (χ4v) is 3.35. The molecule has 1 saturated heterocycles. The molecule has 0 radical (unpaired) electrons. The number of amides is 1. The molecule has 0 bridgehead atoms. The predicted molar refractivity (Wildman–Crippen MR) is 68.1 cm³/mol. The maximum atomic E-state index is 12.6. The van der Waals surface area contributed by atoms with Crippen molar-refractivity contribution in [2.24, 2.45) is 17.3 Å². The summed E-state index contributed by atoms with van der Waals surface area (Å²) < 4.78 is 0. The summed E-state index contributed by atoms with van der Waals surface area (Å²) in [6.45, 7) is 5.23. The summed E-state index contributed by atoms with van der Waals surface area (Å²) in [5, 5.41) is 9.15. The molecular weight excluding hydrogens is 230 g/mol. The molecule has 0 aromatic heterocycles. The molecule has 2 unspecified atom stereocenters. The van der Waals surface area contributed by atoms with E-state index in [0.29, 0.717) is 13.0 Å². The highest BCUT2D eigenvalue weighted by Crippen LogP contribution is 2.46. The third-order valence-corrected chi connectivity index (χ3v) is 4.74. The van der Waals surface area contributed by atoms with Gasteiger partial charge < -0.3 is 10.0 Å². The minimum Gasteiger partial charge on any atom is -0.481 e. The minimum atomic E-state index is -0.765. The van der Waals surface area contributed by atoms with Crippen LogP contribution in [0.25, 0.3) is 0 Å². The normalized spacial score (nSPS) is 30.7. The number of carboxylic acid groups (broad SMARTS) is 1. The average molecular weight is 253 g/mol. The molecule has 1 N–H and O–H groups in total. The van der Waals surface area contributed by atoms with Crippen LogP contribution >= 0.6 is 0 Å². The van der Waals surface area contributed by atoms with Crippen LogP contribution in [0.5, 0.6) is 0 Å². The van der Waals surface area contributed by atoms with Gasteiger partial charge in [0.25, 0.3) is 0 Å². The van der Waals surface area contributed by atoms with Crippen molar-refractivity contribution < 1.29 is 14.7 Å². The largest absolute Gasteiger partial charge is 0.481 e. The Hall–Kier alpha value is -1.06. The zero-order chi connectivity index (χ0) is 13.3.